The summed E-state index contributed by atoms with van der Waals surface area (Å²) < 4.78 is 5.17. The lowest BCUT2D eigenvalue weighted by Gasteiger charge is -2.31. The van der Waals surface area contributed by atoms with Crippen LogP contribution in [0.15, 0.2) is 35.7 Å². The van der Waals surface area contributed by atoms with Crippen molar-refractivity contribution in [2.24, 2.45) is 0 Å². The van der Waals surface area contributed by atoms with E-state index in [1.54, 1.807) is 18.4 Å². The summed E-state index contributed by atoms with van der Waals surface area (Å²) in [4.78, 5) is 28.8. The van der Waals surface area contributed by atoms with E-state index in [9.17, 15) is 9.59 Å². The minimum atomic E-state index is -0.423. The SMILES string of the molecule is CCCC(NC(=O)CCCc1ccc(OC)cc1)C(=O)N1CCc2sccc2C1. The van der Waals surface area contributed by atoms with Gasteiger partial charge in [-0.15, -0.1) is 11.3 Å². The van der Waals surface area contributed by atoms with Crippen molar-refractivity contribution in [1.29, 1.82) is 0 Å². The molecule has 2 aromatic rings. The monoisotopic (exact) mass is 414 g/mol. The van der Waals surface area contributed by atoms with Crippen LogP contribution in [0, 0.1) is 0 Å². The smallest absolute Gasteiger partial charge is 0.245 e. The third kappa shape index (κ3) is 5.82. The van der Waals surface area contributed by atoms with Crippen LogP contribution in [0.1, 0.15) is 48.6 Å². The molecular formula is C23H30N2O3S. The first-order chi connectivity index (χ1) is 14.1. The van der Waals surface area contributed by atoms with Crippen LogP contribution in [0.25, 0.3) is 0 Å². The van der Waals surface area contributed by atoms with E-state index >= 15 is 0 Å². The summed E-state index contributed by atoms with van der Waals surface area (Å²) in [6.45, 7) is 3.44. The number of methoxy groups -OCH3 is 1. The Labute approximate surface area is 177 Å². The molecule has 3 rings (SSSR count). The quantitative estimate of drug-likeness (QED) is 0.676. The highest BCUT2D eigenvalue weighted by molar-refractivity contribution is 7.10. The number of amides is 2. The molecule has 29 heavy (non-hydrogen) atoms. The molecule has 0 saturated heterocycles. The first kappa shape index (κ1) is 21.4. The zero-order valence-electron chi connectivity index (χ0n) is 17.3. The molecule has 0 saturated carbocycles. The van der Waals surface area contributed by atoms with Crippen molar-refractivity contribution in [3.05, 3.63) is 51.7 Å². The molecule has 0 spiro atoms. The van der Waals surface area contributed by atoms with Crippen molar-refractivity contribution in [2.75, 3.05) is 13.7 Å². The fraction of sp³-hybridized carbons (Fsp3) is 0.478. The maximum atomic E-state index is 13.0. The molecule has 1 aliphatic heterocycles. The number of carbonyl (C=O) groups excluding carboxylic acids is 2. The fourth-order valence-electron chi connectivity index (χ4n) is 3.71. The van der Waals surface area contributed by atoms with Crippen molar-refractivity contribution < 1.29 is 14.3 Å². The van der Waals surface area contributed by atoms with Gasteiger partial charge in [-0.3, -0.25) is 9.59 Å². The number of thiophene rings is 1. The number of hydrogen-bond donors (Lipinski definition) is 1. The Morgan fingerprint density at radius 2 is 2.03 bits per heavy atom. The number of fused-ring (bicyclic) bond motifs is 1. The molecule has 0 radical (unpaired) electrons. The Morgan fingerprint density at radius 3 is 2.76 bits per heavy atom. The van der Waals surface area contributed by atoms with Gasteiger partial charge in [0.05, 0.1) is 7.11 Å². The summed E-state index contributed by atoms with van der Waals surface area (Å²) >= 11 is 1.76. The van der Waals surface area contributed by atoms with Gasteiger partial charge in [0.25, 0.3) is 0 Å². The maximum Gasteiger partial charge on any atom is 0.245 e. The van der Waals surface area contributed by atoms with Gasteiger partial charge in [-0.1, -0.05) is 25.5 Å². The molecule has 0 fully saturated rings. The zero-order valence-corrected chi connectivity index (χ0v) is 18.1. The molecule has 0 bridgehead atoms. The van der Waals surface area contributed by atoms with E-state index in [1.807, 2.05) is 36.1 Å². The number of nitrogens with zero attached hydrogens (tertiary/aromatic N) is 1. The molecule has 2 heterocycles. The van der Waals surface area contributed by atoms with Crippen molar-refractivity contribution in [2.45, 2.75) is 58.0 Å². The second kappa shape index (κ2) is 10.4. The number of hydrogen-bond acceptors (Lipinski definition) is 4. The summed E-state index contributed by atoms with van der Waals surface area (Å²) in [5.41, 5.74) is 2.43. The van der Waals surface area contributed by atoms with Crippen molar-refractivity contribution >= 4 is 23.2 Å². The molecule has 1 aromatic heterocycles. The zero-order chi connectivity index (χ0) is 20.6. The summed E-state index contributed by atoms with van der Waals surface area (Å²) in [6.07, 6.45) is 4.46. The standard InChI is InChI=1S/C23H30N2O3S/c1-3-5-20(23(27)25-14-12-21-18(16-25)13-15-29-21)24-22(26)7-4-6-17-8-10-19(28-2)11-9-17/h8-11,13,15,20H,3-7,12,14,16H2,1-2H3,(H,24,26). The van der Waals surface area contributed by atoms with E-state index in [2.05, 4.69) is 16.8 Å². The van der Waals surface area contributed by atoms with Gasteiger partial charge in [0.2, 0.25) is 11.8 Å². The molecule has 5 nitrogen and oxygen atoms in total. The van der Waals surface area contributed by atoms with Crippen molar-refractivity contribution in [1.82, 2.24) is 10.2 Å². The van der Waals surface area contributed by atoms with E-state index < -0.39 is 6.04 Å². The lowest BCUT2D eigenvalue weighted by molar-refractivity contribution is -0.137. The van der Waals surface area contributed by atoms with Crippen LogP contribution in [0.5, 0.6) is 5.75 Å². The van der Waals surface area contributed by atoms with Crippen LogP contribution in [-0.4, -0.2) is 36.4 Å². The lowest BCUT2D eigenvalue weighted by Crippen LogP contribution is -2.49. The Bertz CT molecular complexity index is 816. The third-order valence-electron chi connectivity index (χ3n) is 5.36. The summed E-state index contributed by atoms with van der Waals surface area (Å²) in [6, 6.07) is 9.59. The first-order valence-corrected chi connectivity index (χ1v) is 11.2. The molecule has 6 heteroatoms. The average molecular weight is 415 g/mol. The number of carbonyl (C=O) groups is 2. The van der Waals surface area contributed by atoms with Gasteiger partial charge in [-0.2, -0.15) is 0 Å². The molecule has 2 amide bonds. The highest BCUT2D eigenvalue weighted by Crippen LogP contribution is 2.24. The Morgan fingerprint density at radius 1 is 1.24 bits per heavy atom. The molecule has 1 aliphatic rings. The Balaban J connectivity index is 1.48. The number of ether oxygens (including phenoxy) is 1. The van der Waals surface area contributed by atoms with E-state index in [4.69, 9.17) is 4.74 Å². The van der Waals surface area contributed by atoms with E-state index in [1.165, 1.54) is 16.0 Å². The van der Waals surface area contributed by atoms with Crippen LogP contribution in [0.3, 0.4) is 0 Å². The van der Waals surface area contributed by atoms with Gasteiger partial charge in [-0.05, 0) is 60.4 Å². The van der Waals surface area contributed by atoms with E-state index in [0.29, 0.717) is 19.4 Å². The van der Waals surface area contributed by atoms with Gasteiger partial charge < -0.3 is 15.0 Å². The van der Waals surface area contributed by atoms with Crippen LogP contribution in [0.2, 0.25) is 0 Å². The topological polar surface area (TPSA) is 58.6 Å². The fourth-order valence-corrected chi connectivity index (χ4v) is 4.60. The summed E-state index contributed by atoms with van der Waals surface area (Å²) in [7, 11) is 1.65. The Hall–Kier alpha value is -2.34. The lowest BCUT2D eigenvalue weighted by atomic mass is 10.1. The predicted octanol–water partition coefficient (Wildman–Crippen LogP) is 3.95. The van der Waals surface area contributed by atoms with Crippen molar-refractivity contribution in [3.63, 3.8) is 0 Å². The van der Waals surface area contributed by atoms with Gasteiger partial charge >= 0.3 is 0 Å². The molecule has 1 aromatic carbocycles. The van der Waals surface area contributed by atoms with Gasteiger partial charge in [0.15, 0.2) is 0 Å². The molecule has 1 unspecified atom stereocenters. The minimum absolute atomic E-state index is 0.0430. The van der Waals surface area contributed by atoms with Crippen LogP contribution in [-0.2, 0) is 29.0 Å². The highest BCUT2D eigenvalue weighted by atomic mass is 32.1. The number of aryl methyl sites for hydroxylation is 1. The van der Waals surface area contributed by atoms with Crippen molar-refractivity contribution in [3.8, 4) is 5.75 Å². The summed E-state index contributed by atoms with van der Waals surface area (Å²) in [5.74, 6) is 0.838. The second-order valence-electron chi connectivity index (χ2n) is 7.49. The molecule has 1 atom stereocenters. The predicted molar refractivity (Wildman–Crippen MR) is 116 cm³/mol. The van der Waals surface area contributed by atoms with Crippen LogP contribution < -0.4 is 10.1 Å². The summed E-state index contributed by atoms with van der Waals surface area (Å²) in [5, 5.41) is 5.08. The highest BCUT2D eigenvalue weighted by Gasteiger charge is 2.28. The molecule has 1 N–H and O–H groups in total. The van der Waals surface area contributed by atoms with Crippen LogP contribution >= 0.6 is 11.3 Å². The van der Waals surface area contributed by atoms with Gasteiger partial charge in [0.1, 0.15) is 11.8 Å². The molecule has 0 aliphatic carbocycles. The first-order valence-electron chi connectivity index (χ1n) is 10.4. The van der Waals surface area contributed by atoms with E-state index in [0.717, 1.165) is 38.0 Å². The maximum absolute atomic E-state index is 13.0. The third-order valence-corrected chi connectivity index (χ3v) is 6.38. The van der Waals surface area contributed by atoms with Gasteiger partial charge in [-0.25, -0.2) is 0 Å². The molecule has 156 valence electrons. The van der Waals surface area contributed by atoms with E-state index in [-0.39, 0.29) is 11.8 Å². The van der Waals surface area contributed by atoms with Gasteiger partial charge in [0, 0.05) is 24.4 Å². The Kier molecular flexibility index (Phi) is 7.69. The normalized spacial score (nSPS) is 14.2. The minimum Gasteiger partial charge on any atom is -0.497 e. The molecular weight excluding hydrogens is 384 g/mol. The average Bonchev–Trinajstić information content (AvgIpc) is 3.21. The largest absolute Gasteiger partial charge is 0.497 e. The number of rotatable bonds is 9. The number of benzene rings is 1. The van der Waals surface area contributed by atoms with Crippen LogP contribution in [0.4, 0.5) is 0 Å². The second-order valence-corrected chi connectivity index (χ2v) is 8.49. The number of nitrogens with one attached hydrogen (secondary N) is 1.